The van der Waals surface area contributed by atoms with Gasteiger partial charge >= 0.3 is 5.97 Å². The van der Waals surface area contributed by atoms with Crippen molar-refractivity contribution in [1.82, 2.24) is 0 Å². The number of carbonyl (C=O) groups is 1. The number of hydrogen-bond donors (Lipinski definition) is 1. The van der Waals surface area contributed by atoms with Crippen molar-refractivity contribution in [3.63, 3.8) is 0 Å². The number of ether oxygens (including phenoxy) is 3. The Balaban J connectivity index is 1.82. The topological polar surface area (TPSA) is 65.0 Å². The smallest absolute Gasteiger partial charge is 0.328 e. The molecule has 1 N–H and O–H groups in total. The van der Waals surface area contributed by atoms with E-state index in [4.69, 9.17) is 19.3 Å². The third kappa shape index (κ3) is 2.71. The summed E-state index contributed by atoms with van der Waals surface area (Å²) in [5.41, 5.74) is 0.691. The quantitative estimate of drug-likeness (QED) is 0.838. The second kappa shape index (κ2) is 5.45. The molecule has 0 bridgehead atoms. The van der Waals surface area contributed by atoms with Gasteiger partial charge in [0.25, 0.3) is 0 Å². The Morgan fingerprint density at radius 1 is 1.35 bits per heavy atom. The van der Waals surface area contributed by atoms with E-state index in [1.165, 1.54) is 25.3 Å². The molecule has 0 aromatic heterocycles. The van der Waals surface area contributed by atoms with E-state index in [0.29, 0.717) is 35.3 Å². The van der Waals surface area contributed by atoms with Crippen LogP contribution in [0, 0.1) is 5.92 Å². The Kier molecular flexibility index (Phi) is 3.50. The zero-order valence-corrected chi connectivity index (χ0v) is 11.0. The number of fused-ring (bicyclic) bond motifs is 1. The van der Waals surface area contributed by atoms with Crippen LogP contribution in [0.3, 0.4) is 0 Å². The Bertz CT molecular complexity index is 545. The largest absolute Gasteiger partial charge is 0.493 e. The standard InChI is InChI=1S/C15H16O5/c16-15(17)5-4-11-6-13-14(20-9-19-13)7-12(11)18-8-10-2-1-3-10/h4-7,10H,1-3,8-9H2,(H,16,17). The van der Waals surface area contributed by atoms with Crippen LogP contribution in [-0.4, -0.2) is 24.5 Å². The maximum absolute atomic E-state index is 10.7. The summed E-state index contributed by atoms with van der Waals surface area (Å²) in [5.74, 6) is 1.51. The summed E-state index contributed by atoms with van der Waals surface area (Å²) in [7, 11) is 0. The van der Waals surface area contributed by atoms with E-state index in [1.54, 1.807) is 12.1 Å². The number of benzene rings is 1. The lowest BCUT2D eigenvalue weighted by Crippen LogP contribution is -2.19. The monoisotopic (exact) mass is 276 g/mol. The molecular weight excluding hydrogens is 260 g/mol. The maximum atomic E-state index is 10.7. The van der Waals surface area contributed by atoms with Crippen molar-refractivity contribution >= 4 is 12.0 Å². The molecule has 5 nitrogen and oxygen atoms in total. The van der Waals surface area contributed by atoms with Gasteiger partial charge in [-0.1, -0.05) is 6.42 Å². The van der Waals surface area contributed by atoms with Gasteiger partial charge in [-0.2, -0.15) is 0 Å². The second-order valence-corrected chi connectivity index (χ2v) is 5.02. The summed E-state index contributed by atoms with van der Waals surface area (Å²) in [6.45, 7) is 0.844. The van der Waals surface area contributed by atoms with Crippen molar-refractivity contribution in [3.05, 3.63) is 23.8 Å². The molecule has 1 aliphatic carbocycles. The van der Waals surface area contributed by atoms with Crippen molar-refractivity contribution in [2.75, 3.05) is 13.4 Å². The molecule has 1 aliphatic heterocycles. The van der Waals surface area contributed by atoms with Crippen LogP contribution >= 0.6 is 0 Å². The molecule has 1 fully saturated rings. The Morgan fingerprint density at radius 2 is 2.10 bits per heavy atom. The fourth-order valence-corrected chi connectivity index (χ4v) is 2.22. The lowest BCUT2D eigenvalue weighted by Gasteiger charge is -2.25. The third-order valence-corrected chi connectivity index (χ3v) is 3.61. The molecule has 1 heterocycles. The third-order valence-electron chi connectivity index (χ3n) is 3.61. The van der Waals surface area contributed by atoms with Crippen LogP contribution in [0.15, 0.2) is 18.2 Å². The number of carboxylic acid groups (broad SMARTS) is 1. The summed E-state index contributed by atoms with van der Waals surface area (Å²) < 4.78 is 16.4. The van der Waals surface area contributed by atoms with Gasteiger partial charge in [-0.3, -0.25) is 0 Å². The number of rotatable bonds is 5. The van der Waals surface area contributed by atoms with Crippen LogP contribution in [0.25, 0.3) is 6.08 Å². The highest BCUT2D eigenvalue weighted by Crippen LogP contribution is 2.39. The summed E-state index contributed by atoms with van der Waals surface area (Å²) in [6.07, 6.45) is 6.27. The first-order chi connectivity index (χ1) is 9.72. The van der Waals surface area contributed by atoms with E-state index in [-0.39, 0.29) is 6.79 Å². The van der Waals surface area contributed by atoms with Crippen molar-refractivity contribution in [1.29, 1.82) is 0 Å². The number of aliphatic carboxylic acids is 1. The molecule has 0 radical (unpaired) electrons. The molecule has 1 aromatic rings. The lowest BCUT2D eigenvalue weighted by atomic mass is 9.86. The Labute approximate surface area is 116 Å². The van der Waals surface area contributed by atoms with Crippen molar-refractivity contribution in [2.45, 2.75) is 19.3 Å². The fraction of sp³-hybridized carbons (Fsp3) is 0.400. The molecule has 1 saturated carbocycles. The minimum absolute atomic E-state index is 0.184. The van der Waals surface area contributed by atoms with E-state index in [2.05, 4.69) is 0 Å². The lowest BCUT2D eigenvalue weighted by molar-refractivity contribution is -0.131. The SMILES string of the molecule is O=C(O)C=Cc1cc2c(cc1OCC1CCC1)OCO2. The summed E-state index contributed by atoms with van der Waals surface area (Å²) in [4.78, 5) is 10.7. The number of carboxylic acids is 1. The first-order valence-corrected chi connectivity index (χ1v) is 6.70. The molecule has 2 aliphatic rings. The van der Waals surface area contributed by atoms with Gasteiger partial charge in [0, 0.05) is 17.7 Å². The second-order valence-electron chi connectivity index (χ2n) is 5.02. The van der Waals surface area contributed by atoms with Gasteiger partial charge < -0.3 is 19.3 Å². The van der Waals surface area contributed by atoms with Gasteiger partial charge in [0.2, 0.25) is 6.79 Å². The molecular formula is C15H16O5. The predicted octanol–water partition coefficient (Wildman–Crippen LogP) is 2.69. The van der Waals surface area contributed by atoms with Gasteiger partial charge in [0.15, 0.2) is 11.5 Å². The van der Waals surface area contributed by atoms with Crippen LogP contribution in [0.2, 0.25) is 0 Å². The van der Waals surface area contributed by atoms with Crippen molar-refractivity contribution in [2.24, 2.45) is 5.92 Å². The van der Waals surface area contributed by atoms with E-state index in [9.17, 15) is 4.79 Å². The maximum Gasteiger partial charge on any atom is 0.328 e. The first kappa shape index (κ1) is 12.8. The average Bonchev–Trinajstić information content (AvgIpc) is 2.81. The van der Waals surface area contributed by atoms with Crippen LogP contribution in [0.1, 0.15) is 24.8 Å². The molecule has 3 rings (SSSR count). The highest BCUT2D eigenvalue weighted by molar-refractivity contribution is 5.86. The normalized spacial score (nSPS) is 17.2. The molecule has 0 amide bonds. The minimum atomic E-state index is -0.993. The zero-order chi connectivity index (χ0) is 13.9. The summed E-state index contributed by atoms with van der Waals surface area (Å²) in [6, 6.07) is 3.51. The van der Waals surface area contributed by atoms with Crippen molar-refractivity contribution < 1.29 is 24.1 Å². The molecule has 0 unspecified atom stereocenters. The van der Waals surface area contributed by atoms with Gasteiger partial charge in [0.1, 0.15) is 5.75 Å². The van der Waals surface area contributed by atoms with Gasteiger partial charge in [-0.15, -0.1) is 0 Å². The Morgan fingerprint density at radius 3 is 2.75 bits per heavy atom. The van der Waals surface area contributed by atoms with Crippen LogP contribution in [-0.2, 0) is 4.79 Å². The van der Waals surface area contributed by atoms with Crippen molar-refractivity contribution in [3.8, 4) is 17.2 Å². The minimum Gasteiger partial charge on any atom is -0.493 e. The average molecular weight is 276 g/mol. The number of hydrogen-bond acceptors (Lipinski definition) is 4. The highest BCUT2D eigenvalue weighted by atomic mass is 16.7. The summed E-state index contributed by atoms with van der Waals surface area (Å²) >= 11 is 0. The molecule has 20 heavy (non-hydrogen) atoms. The Hall–Kier alpha value is -2.17. The van der Waals surface area contributed by atoms with E-state index >= 15 is 0 Å². The molecule has 0 spiro atoms. The molecule has 106 valence electrons. The fourth-order valence-electron chi connectivity index (χ4n) is 2.22. The predicted molar refractivity (Wildman–Crippen MR) is 72.1 cm³/mol. The van der Waals surface area contributed by atoms with E-state index in [1.807, 2.05) is 0 Å². The van der Waals surface area contributed by atoms with Gasteiger partial charge in [-0.05, 0) is 30.9 Å². The molecule has 0 saturated heterocycles. The highest BCUT2D eigenvalue weighted by Gasteiger charge is 2.21. The van der Waals surface area contributed by atoms with E-state index < -0.39 is 5.97 Å². The zero-order valence-electron chi connectivity index (χ0n) is 11.0. The molecule has 5 heteroatoms. The molecule has 0 atom stereocenters. The van der Waals surface area contributed by atoms with E-state index in [0.717, 1.165) is 6.08 Å². The summed E-state index contributed by atoms with van der Waals surface area (Å²) in [5, 5.41) is 8.74. The van der Waals surface area contributed by atoms with Crippen LogP contribution in [0.5, 0.6) is 17.2 Å². The van der Waals surface area contributed by atoms with Crippen LogP contribution < -0.4 is 14.2 Å². The van der Waals surface area contributed by atoms with Gasteiger partial charge in [-0.25, -0.2) is 4.79 Å². The van der Waals surface area contributed by atoms with Crippen LogP contribution in [0.4, 0.5) is 0 Å². The first-order valence-electron chi connectivity index (χ1n) is 6.70. The molecule has 1 aromatic carbocycles. The van der Waals surface area contributed by atoms with Gasteiger partial charge in [0.05, 0.1) is 6.61 Å².